The van der Waals surface area contributed by atoms with E-state index in [0.717, 1.165) is 0 Å². The molecule has 1 aliphatic heterocycles. The number of amides is 1. The number of carbonyl (C=O) groups excluding carboxylic acids is 1. The van der Waals surface area contributed by atoms with Gasteiger partial charge in [-0.3, -0.25) is 9.69 Å². The van der Waals surface area contributed by atoms with Crippen LogP contribution in [-0.4, -0.2) is 56.1 Å². The van der Waals surface area contributed by atoms with E-state index in [2.05, 4.69) is 5.32 Å². The lowest BCUT2D eigenvalue weighted by Crippen LogP contribution is -2.43. The number of nitrogens with zero attached hydrogens (tertiary/aromatic N) is 1. The van der Waals surface area contributed by atoms with Crippen LogP contribution in [0.15, 0.2) is 29.2 Å². The topological polar surface area (TPSA) is 66.5 Å². The summed E-state index contributed by atoms with van der Waals surface area (Å²) in [5.74, 6) is -2.83. The highest BCUT2D eigenvalue weighted by atomic mass is 32.2. The molecule has 0 atom stereocenters. The summed E-state index contributed by atoms with van der Waals surface area (Å²) in [6.45, 7) is 0.662. The van der Waals surface area contributed by atoms with Crippen LogP contribution in [0.1, 0.15) is 0 Å². The van der Waals surface area contributed by atoms with Gasteiger partial charge in [-0.1, -0.05) is 23.9 Å². The summed E-state index contributed by atoms with van der Waals surface area (Å²) in [4.78, 5) is 14.0. The summed E-state index contributed by atoms with van der Waals surface area (Å²) in [7, 11) is -2.99. The zero-order valence-electron chi connectivity index (χ0n) is 11.7. The van der Waals surface area contributed by atoms with Crippen molar-refractivity contribution in [3.05, 3.63) is 24.3 Å². The molecule has 122 valence electrons. The number of sulfone groups is 1. The van der Waals surface area contributed by atoms with Crippen molar-refractivity contribution in [1.82, 2.24) is 4.90 Å². The molecule has 0 spiro atoms. The highest BCUT2D eigenvalue weighted by Gasteiger charge is 2.23. The molecule has 1 saturated heterocycles. The zero-order valence-corrected chi connectivity index (χ0v) is 13.3. The maximum absolute atomic E-state index is 12.5. The lowest BCUT2D eigenvalue weighted by molar-refractivity contribution is -0.117. The lowest BCUT2D eigenvalue weighted by Gasteiger charge is -2.25. The summed E-state index contributed by atoms with van der Waals surface area (Å²) >= 11 is 0.372. The molecule has 1 N–H and O–H groups in total. The van der Waals surface area contributed by atoms with Crippen molar-refractivity contribution < 1.29 is 22.0 Å². The van der Waals surface area contributed by atoms with Gasteiger partial charge in [0.25, 0.3) is 5.76 Å². The van der Waals surface area contributed by atoms with Gasteiger partial charge >= 0.3 is 0 Å². The quantitative estimate of drug-likeness (QED) is 0.819. The van der Waals surface area contributed by atoms with Gasteiger partial charge in [0.05, 0.1) is 23.7 Å². The fourth-order valence-electron chi connectivity index (χ4n) is 2.07. The van der Waals surface area contributed by atoms with Crippen molar-refractivity contribution in [3.63, 3.8) is 0 Å². The normalized spacial score (nSPS) is 18.3. The Kier molecular flexibility index (Phi) is 5.76. The van der Waals surface area contributed by atoms with Crippen molar-refractivity contribution in [2.75, 3.05) is 36.5 Å². The van der Waals surface area contributed by atoms with Crippen LogP contribution >= 0.6 is 11.8 Å². The number of hydrogen-bond donors (Lipinski definition) is 1. The summed E-state index contributed by atoms with van der Waals surface area (Å²) in [6, 6.07) is 6.34. The Morgan fingerprint density at radius 1 is 1.27 bits per heavy atom. The SMILES string of the molecule is O=C(CN1CCS(=O)(=O)CC1)Nc1ccccc1SC(F)F. The third-order valence-electron chi connectivity index (χ3n) is 3.18. The first-order chi connectivity index (χ1) is 10.4. The molecule has 1 aromatic rings. The predicted molar refractivity (Wildman–Crippen MR) is 82.0 cm³/mol. The van der Waals surface area contributed by atoms with Crippen LogP contribution in [0.25, 0.3) is 0 Å². The maximum atomic E-state index is 12.5. The fraction of sp³-hybridized carbons (Fsp3) is 0.462. The second-order valence-electron chi connectivity index (χ2n) is 4.85. The number of nitrogens with one attached hydrogen (secondary N) is 1. The number of halogens is 2. The highest BCUT2D eigenvalue weighted by molar-refractivity contribution is 7.99. The Bertz CT molecular complexity index is 624. The third kappa shape index (κ3) is 5.22. The van der Waals surface area contributed by atoms with E-state index in [-0.39, 0.29) is 24.0 Å². The molecule has 0 unspecified atom stereocenters. The summed E-state index contributed by atoms with van der Waals surface area (Å²) in [5, 5.41) is 2.60. The van der Waals surface area contributed by atoms with Gasteiger partial charge in [-0.05, 0) is 12.1 Å². The number of anilines is 1. The Labute approximate surface area is 132 Å². The summed E-state index contributed by atoms with van der Waals surface area (Å²) in [5.41, 5.74) is 0.336. The van der Waals surface area contributed by atoms with E-state index in [0.29, 0.717) is 35.4 Å². The maximum Gasteiger partial charge on any atom is 0.288 e. The van der Waals surface area contributed by atoms with Crippen LogP contribution in [0.5, 0.6) is 0 Å². The first-order valence-electron chi connectivity index (χ1n) is 6.62. The largest absolute Gasteiger partial charge is 0.324 e. The van der Waals surface area contributed by atoms with Crippen molar-refractivity contribution in [2.24, 2.45) is 0 Å². The van der Waals surface area contributed by atoms with Crippen molar-refractivity contribution >= 4 is 33.2 Å². The van der Waals surface area contributed by atoms with Gasteiger partial charge in [-0.2, -0.15) is 8.78 Å². The van der Waals surface area contributed by atoms with E-state index in [9.17, 15) is 22.0 Å². The van der Waals surface area contributed by atoms with Gasteiger partial charge in [0.1, 0.15) is 0 Å². The molecule has 0 saturated carbocycles. The molecule has 9 heteroatoms. The minimum atomic E-state index is -2.99. The Hall–Kier alpha value is -1.19. The van der Waals surface area contributed by atoms with Gasteiger partial charge < -0.3 is 5.32 Å². The Morgan fingerprint density at radius 3 is 2.55 bits per heavy atom. The lowest BCUT2D eigenvalue weighted by atomic mass is 10.3. The van der Waals surface area contributed by atoms with E-state index in [4.69, 9.17) is 0 Å². The molecule has 0 radical (unpaired) electrons. The van der Waals surface area contributed by atoms with Crippen LogP contribution in [0.2, 0.25) is 0 Å². The van der Waals surface area contributed by atoms with E-state index >= 15 is 0 Å². The van der Waals surface area contributed by atoms with Crippen LogP contribution in [0, 0.1) is 0 Å². The smallest absolute Gasteiger partial charge is 0.288 e. The first-order valence-corrected chi connectivity index (χ1v) is 9.32. The van der Waals surface area contributed by atoms with E-state index in [1.807, 2.05) is 0 Å². The number of alkyl halides is 2. The Balaban J connectivity index is 1.92. The first kappa shape index (κ1) is 17.2. The highest BCUT2D eigenvalue weighted by Crippen LogP contribution is 2.31. The molecular weight excluding hydrogens is 334 g/mol. The number of rotatable bonds is 5. The minimum Gasteiger partial charge on any atom is -0.324 e. The van der Waals surface area contributed by atoms with E-state index in [1.54, 1.807) is 23.1 Å². The van der Waals surface area contributed by atoms with Crippen molar-refractivity contribution in [2.45, 2.75) is 10.7 Å². The molecule has 5 nitrogen and oxygen atoms in total. The van der Waals surface area contributed by atoms with Gasteiger partial charge in [0.2, 0.25) is 5.91 Å². The fourth-order valence-corrected chi connectivity index (χ4v) is 3.94. The molecule has 1 heterocycles. The summed E-state index contributed by atoms with van der Waals surface area (Å²) in [6.07, 6.45) is 0. The van der Waals surface area contributed by atoms with E-state index < -0.39 is 15.6 Å². The number of benzene rings is 1. The average Bonchev–Trinajstić information content (AvgIpc) is 2.43. The molecule has 0 bridgehead atoms. The molecule has 0 aromatic heterocycles. The van der Waals surface area contributed by atoms with Gasteiger partial charge in [0, 0.05) is 18.0 Å². The molecule has 1 amide bonds. The molecule has 1 aromatic carbocycles. The van der Waals surface area contributed by atoms with Gasteiger partial charge in [-0.25, -0.2) is 8.42 Å². The Morgan fingerprint density at radius 2 is 1.91 bits per heavy atom. The van der Waals surface area contributed by atoms with Crippen LogP contribution in [0.4, 0.5) is 14.5 Å². The van der Waals surface area contributed by atoms with Crippen molar-refractivity contribution in [3.8, 4) is 0 Å². The van der Waals surface area contributed by atoms with E-state index in [1.165, 1.54) is 6.07 Å². The number of carbonyl (C=O) groups is 1. The molecule has 22 heavy (non-hydrogen) atoms. The number of hydrogen-bond acceptors (Lipinski definition) is 5. The van der Waals surface area contributed by atoms with Gasteiger partial charge in [-0.15, -0.1) is 0 Å². The second kappa shape index (κ2) is 7.38. The standard InChI is InChI=1S/C13H16F2N2O3S2/c14-13(15)21-11-4-2-1-3-10(11)16-12(18)9-17-5-7-22(19,20)8-6-17/h1-4,13H,5-9H2,(H,16,18). The van der Waals surface area contributed by atoms with Gasteiger partial charge in [0.15, 0.2) is 9.84 Å². The summed E-state index contributed by atoms with van der Waals surface area (Å²) < 4.78 is 47.6. The third-order valence-corrected chi connectivity index (χ3v) is 5.58. The van der Waals surface area contributed by atoms with Crippen molar-refractivity contribution in [1.29, 1.82) is 0 Å². The predicted octanol–water partition coefficient (Wildman–Crippen LogP) is 1.67. The van der Waals surface area contributed by atoms with Crippen LogP contribution in [-0.2, 0) is 14.6 Å². The number of para-hydroxylation sites is 1. The molecular formula is C13H16F2N2O3S2. The number of thioether (sulfide) groups is 1. The average molecular weight is 350 g/mol. The van der Waals surface area contributed by atoms with Crippen LogP contribution in [0.3, 0.4) is 0 Å². The molecule has 2 rings (SSSR count). The molecule has 1 fully saturated rings. The minimum absolute atomic E-state index is 0.0398. The zero-order chi connectivity index (χ0) is 16.2. The van der Waals surface area contributed by atoms with Crippen LogP contribution < -0.4 is 5.32 Å². The molecule has 1 aliphatic rings. The monoisotopic (exact) mass is 350 g/mol. The second-order valence-corrected chi connectivity index (χ2v) is 8.19. The molecule has 0 aliphatic carbocycles.